The van der Waals surface area contributed by atoms with Crippen molar-refractivity contribution in [3.05, 3.63) is 0 Å². The minimum atomic E-state index is -0.137. The third-order valence-electron chi connectivity index (χ3n) is 8.89. The molecular formula is C20H32O3. The predicted molar refractivity (Wildman–Crippen MR) is 88.7 cm³/mol. The van der Waals surface area contributed by atoms with Crippen molar-refractivity contribution in [3.63, 3.8) is 0 Å². The summed E-state index contributed by atoms with van der Waals surface area (Å²) in [5.41, 5.74) is 0.0596. The summed E-state index contributed by atoms with van der Waals surface area (Å²) in [4.78, 5) is 12.1. The third-order valence-corrected chi connectivity index (χ3v) is 8.89. The van der Waals surface area contributed by atoms with Crippen LogP contribution in [0.2, 0.25) is 0 Å². The number of fused-ring (bicyclic) bond motifs is 5. The van der Waals surface area contributed by atoms with Crippen molar-refractivity contribution >= 4 is 5.78 Å². The number of hydrogen-bond donors (Lipinski definition) is 2. The molecule has 0 heterocycles. The van der Waals surface area contributed by atoms with E-state index in [9.17, 15) is 15.0 Å². The van der Waals surface area contributed by atoms with Gasteiger partial charge in [-0.1, -0.05) is 13.8 Å². The van der Waals surface area contributed by atoms with E-state index in [2.05, 4.69) is 13.8 Å². The Morgan fingerprint density at radius 3 is 2.61 bits per heavy atom. The van der Waals surface area contributed by atoms with E-state index in [-0.39, 0.29) is 23.5 Å². The van der Waals surface area contributed by atoms with E-state index in [0.29, 0.717) is 48.2 Å². The maximum Gasteiger partial charge on any atom is 0.133 e. The number of rotatable bonds is 1. The van der Waals surface area contributed by atoms with Gasteiger partial charge in [-0.25, -0.2) is 0 Å². The molecule has 0 aromatic heterocycles. The Morgan fingerprint density at radius 1 is 1.09 bits per heavy atom. The number of ketones is 1. The van der Waals surface area contributed by atoms with Crippen molar-refractivity contribution in [2.45, 2.75) is 71.3 Å². The van der Waals surface area contributed by atoms with Gasteiger partial charge in [-0.05, 0) is 73.5 Å². The molecule has 4 saturated carbocycles. The maximum atomic E-state index is 12.1. The van der Waals surface area contributed by atoms with Crippen LogP contribution in [0.3, 0.4) is 0 Å². The van der Waals surface area contributed by atoms with Crippen LogP contribution in [0.1, 0.15) is 65.2 Å². The van der Waals surface area contributed by atoms with E-state index in [1.165, 1.54) is 6.42 Å². The first-order valence-electron chi connectivity index (χ1n) is 9.74. The van der Waals surface area contributed by atoms with Crippen LogP contribution in [0.5, 0.6) is 0 Å². The summed E-state index contributed by atoms with van der Waals surface area (Å²) in [5.74, 6) is 2.91. The van der Waals surface area contributed by atoms with Crippen molar-refractivity contribution in [2.75, 3.05) is 6.61 Å². The molecule has 0 saturated heterocycles. The lowest BCUT2D eigenvalue weighted by Gasteiger charge is -2.62. The fraction of sp³-hybridized carbons (Fsp3) is 0.950. The molecule has 0 aliphatic heterocycles. The quantitative estimate of drug-likeness (QED) is 0.780. The second-order valence-corrected chi connectivity index (χ2v) is 9.41. The highest BCUT2D eigenvalue weighted by molar-refractivity contribution is 5.80. The van der Waals surface area contributed by atoms with Gasteiger partial charge in [0.2, 0.25) is 0 Å². The summed E-state index contributed by atoms with van der Waals surface area (Å²) < 4.78 is 0. The molecule has 0 radical (unpaired) electrons. The highest BCUT2D eigenvalue weighted by Crippen LogP contribution is 2.66. The topological polar surface area (TPSA) is 57.5 Å². The molecular weight excluding hydrogens is 288 g/mol. The van der Waals surface area contributed by atoms with Gasteiger partial charge in [0, 0.05) is 24.9 Å². The molecule has 4 rings (SSSR count). The zero-order valence-corrected chi connectivity index (χ0v) is 14.6. The molecule has 0 aromatic carbocycles. The van der Waals surface area contributed by atoms with Crippen LogP contribution in [0.25, 0.3) is 0 Å². The number of Topliss-reactive ketones (excluding diaryl/α,β-unsaturated/α-hetero) is 1. The van der Waals surface area contributed by atoms with Gasteiger partial charge in [0.25, 0.3) is 0 Å². The molecule has 23 heavy (non-hydrogen) atoms. The Hall–Kier alpha value is -0.410. The Labute approximate surface area is 139 Å². The Bertz CT molecular complexity index is 503. The second kappa shape index (κ2) is 5.29. The molecule has 4 aliphatic carbocycles. The number of aliphatic hydroxyl groups excluding tert-OH is 2. The van der Waals surface area contributed by atoms with Gasteiger partial charge >= 0.3 is 0 Å². The van der Waals surface area contributed by atoms with Crippen LogP contribution < -0.4 is 0 Å². The summed E-state index contributed by atoms with van der Waals surface area (Å²) in [5, 5.41) is 21.0. The Balaban J connectivity index is 1.70. The van der Waals surface area contributed by atoms with E-state index >= 15 is 0 Å². The van der Waals surface area contributed by atoms with Crippen LogP contribution >= 0.6 is 0 Å². The van der Waals surface area contributed by atoms with Crippen LogP contribution in [0, 0.1) is 40.4 Å². The van der Waals surface area contributed by atoms with Gasteiger partial charge < -0.3 is 10.2 Å². The van der Waals surface area contributed by atoms with Crippen LogP contribution in [-0.2, 0) is 4.79 Å². The lowest BCUT2D eigenvalue weighted by Crippen LogP contribution is -2.59. The zero-order valence-electron chi connectivity index (χ0n) is 14.6. The summed E-state index contributed by atoms with van der Waals surface area (Å²) in [7, 11) is 0. The minimum absolute atomic E-state index is 0.0360. The molecule has 3 unspecified atom stereocenters. The van der Waals surface area contributed by atoms with E-state index < -0.39 is 0 Å². The zero-order chi connectivity index (χ0) is 16.4. The molecule has 3 heteroatoms. The number of carbonyl (C=O) groups excluding carboxylic acids is 1. The largest absolute Gasteiger partial charge is 0.396 e. The molecule has 3 nitrogen and oxygen atoms in total. The SMILES string of the molecule is CC1CC(=O)CC2CC[C@@H]3[C@@H](CC[C@]4(C)C(O)CC[C@@H]34)[C@@]12CO. The second-order valence-electron chi connectivity index (χ2n) is 9.41. The summed E-state index contributed by atoms with van der Waals surface area (Å²) in [6.45, 7) is 4.76. The lowest BCUT2D eigenvalue weighted by molar-refractivity contribution is -0.173. The van der Waals surface area contributed by atoms with E-state index in [0.717, 1.165) is 32.1 Å². The molecule has 130 valence electrons. The first-order valence-corrected chi connectivity index (χ1v) is 9.74. The molecule has 0 amide bonds. The number of hydrogen-bond acceptors (Lipinski definition) is 3. The van der Waals surface area contributed by atoms with Gasteiger partial charge in [-0.2, -0.15) is 0 Å². The first kappa shape index (κ1) is 16.1. The highest BCUT2D eigenvalue weighted by Gasteiger charge is 2.62. The minimum Gasteiger partial charge on any atom is -0.396 e. The number of aliphatic hydroxyl groups is 2. The number of carbonyl (C=O) groups is 1. The fourth-order valence-corrected chi connectivity index (χ4v) is 7.65. The average Bonchev–Trinajstić information content (AvgIpc) is 2.82. The highest BCUT2D eigenvalue weighted by atomic mass is 16.3. The monoisotopic (exact) mass is 320 g/mol. The molecule has 4 fully saturated rings. The first-order chi connectivity index (χ1) is 10.9. The summed E-state index contributed by atoms with van der Waals surface area (Å²) in [6.07, 6.45) is 7.83. The van der Waals surface area contributed by atoms with E-state index in [1.807, 2.05) is 0 Å². The standard InChI is InChI=1S/C20H32O3/c1-12-9-14(22)10-13-3-4-15-16-5-6-18(23)19(16,2)8-7-17(15)20(12,13)11-21/h12-13,15-18,21,23H,3-11H2,1-2H3/t12?,13?,15-,16-,17+,18?,19-,20-/m0/s1. The average molecular weight is 320 g/mol. The Morgan fingerprint density at radius 2 is 1.87 bits per heavy atom. The lowest BCUT2D eigenvalue weighted by atomic mass is 9.42. The Kier molecular flexibility index (Phi) is 3.70. The maximum absolute atomic E-state index is 12.1. The third kappa shape index (κ3) is 1.99. The van der Waals surface area contributed by atoms with E-state index in [4.69, 9.17) is 0 Å². The van der Waals surface area contributed by atoms with Crippen molar-refractivity contribution in [1.82, 2.24) is 0 Å². The molecule has 4 aliphatic rings. The normalized spacial score (nSPS) is 55.9. The van der Waals surface area contributed by atoms with Crippen molar-refractivity contribution in [2.24, 2.45) is 40.4 Å². The smallest absolute Gasteiger partial charge is 0.133 e. The van der Waals surface area contributed by atoms with Gasteiger partial charge in [-0.15, -0.1) is 0 Å². The molecule has 0 aromatic rings. The fourth-order valence-electron chi connectivity index (χ4n) is 7.65. The molecule has 8 atom stereocenters. The van der Waals surface area contributed by atoms with Crippen molar-refractivity contribution < 1.29 is 15.0 Å². The van der Waals surface area contributed by atoms with E-state index in [1.54, 1.807) is 0 Å². The molecule has 0 spiro atoms. The summed E-state index contributed by atoms with van der Waals surface area (Å²) in [6, 6.07) is 0. The van der Waals surface area contributed by atoms with Gasteiger partial charge in [0.15, 0.2) is 0 Å². The van der Waals surface area contributed by atoms with Gasteiger partial charge in [-0.3, -0.25) is 4.79 Å². The van der Waals surface area contributed by atoms with Crippen molar-refractivity contribution in [1.29, 1.82) is 0 Å². The van der Waals surface area contributed by atoms with Crippen LogP contribution in [-0.4, -0.2) is 28.7 Å². The van der Waals surface area contributed by atoms with Gasteiger partial charge in [0.05, 0.1) is 6.10 Å². The van der Waals surface area contributed by atoms with Crippen LogP contribution in [0.4, 0.5) is 0 Å². The predicted octanol–water partition coefficient (Wildman–Crippen LogP) is 3.18. The summed E-state index contributed by atoms with van der Waals surface area (Å²) >= 11 is 0. The molecule has 2 N–H and O–H groups in total. The van der Waals surface area contributed by atoms with Gasteiger partial charge in [0.1, 0.15) is 5.78 Å². The van der Waals surface area contributed by atoms with Crippen molar-refractivity contribution in [3.8, 4) is 0 Å². The molecule has 0 bridgehead atoms. The van der Waals surface area contributed by atoms with Crippen LogP contribution in [0.15, 0.2) is 0 Å².